The van der Waals surface area contributed by atoms with E-state index in [9.17, 15) is 9.59 Å². The molecule has 2 aliphatic rings. The highest BCUT2D eigenvalue weighted by Crippen LogP contribution is 2.47. The van der Waals surface area contributed by atoms with E-state index in [0.29, 0.717) is 39.1 Å². The van der Waals surface area contributed by atoms with E-state index in [1.54, 1.807) is 4.90 Å². The van der Waals surface area contributed by atoms with Crippen molar-refractivity contribution in [3.63, 3.8) is 0 Å². The Kier molecular flexibility index (Phi) is 2.65. The molecule has 0 spiro atoms. The van der Waals surface area contributed by atoms with Gasteiger partial charge in [0, 0.05) is 19.7 Å². The topological polar surface area (TPSA) is 66.8 Å². The highest BCUT2D eigenvalue weighted by atomic mass is 16.5. The molecule has 84 valence electrons. The first-order valence-electron chi connectivity index (χ1n) is 5.27. The Balaban J connectivity index is 2.03. The molecule has 5 heteroatoms. The fraction of sp³-hybridized carbons (Fsp3) is 0.800. The van der Waals surface area contributed by atoms with Crippen molar-refractivity contribution in [1.82, 2.24) is 4.90 Å². The predicted molar refractivity (Wildman–Crippen MR) is 51.3 cm³/mol. The van der Waals surface area contributed by atoms with Crippen molar-refractivity contribution in [1.29, 1.82) is 0 Å². The van der Waals surface area contributed by atoms with Crippen molar-refractivity contribution in [2.24, 2.45) is 5.41 Å². The monoisotopic (exact) mass is 213 g/mol. The molecule has 15 heavy (non-hydrogen) atoms. The third-order valence-corrected chi connectivity index (χ3v) is 3.08. The Morgan fingerprint density at radius 2 is 1.93 bits per heavy atom. The molecule has 1 amide bonds. The van der Waals surface area contributed by atoms with E-state index in [1.807, 2.05) is 0 Å². The van der Waals surface area contributed by atoms with Crippen LogP contribution in [0.2, 0.25) is 0 Å². The number of aliphatic carboxylic acids is 1. The van der Waals surface area contributed by atoms with Crippen LogP contribution in [0.3, 0.4) is 0 Å². The van der Waals surface area contributed by atoms with Crippen LogP contribution in [0.4, 0.5) is 0 Å². The summed E-state index contributed by atoms with van der Waals surface area (Å²) in [4.78, 5) is 24.6. The van der Waals surface area contributed by atoms with Crippen LogP contribution in [-0.4, -0.2) is 48.2 Å². The van der Waals surface area contributed by atoms with Crippen LogP contribution in [0.1, 0.15) is 19.3 Å². The summed E-state index contributed by atoms with van der Waals surface area (Å²) in [6.45, 7) is 2.31. The highest BCUT2D eigenvalue weighted by Gasteiger charge is 2.58. The lowest BCUT2D eigenvalue weighted by Gasteiger charge is -2.23. The van der Waals surface area contributed by atoms with Gasteiger partial charge in [0.15, 0.2) is 0 Å². The Morgan fingerprint density at radius 3 is 2.53 bits per heavy atom. The maximum atomic E-state index is 12.0. The van der Waals surface area contributed by atoms with E-state index < -0.39 is 11.4 Å². The average Bonchev–Trinajstić information content (AvgIpc) is 3.03. The summed E-state index contributed by atoms with van der Waals surface area (Å²) in [5, 5.41) is 9.00. The fourth-order valence-corrected chi connectivity index (χ4v) is 1.90. The van der Waals surface area contributed by atoms with Crippen LogP contribution in [-0.2, 0) is 14.3 Å². The van der Waals surface area contributed by atoms with Crippen molar-refractivity contribution in [2.75, 3.05) is 26.3 Å². The Morgan fingerprint density at radius 1 is 1.20 bits per heavy atom. The summed E-state index contributed by atoms with van der Waals surface area (Å²) in [6.07, 6.45) is 1.76. The lowest BCUT2D eigenvalue weighted by atomic mass is 10.1. The first kappa shape index (κ1) is 10.4. The lowest BCUT2D eigenvalue weighted by Crippen LogP contribution is -2.42. The van der Waals surface area contributed by atoms with Crippen molar-refractivity contribution in [3.05, 3.63) is 0 Å². The van der Waals surface area contributed by atoms with E-state index in [0.717, 1.165) is 6.42 Å². The van der Waals surface area contributed by atoms with Gasteiger partial charge in [-0.3, -0.25) is 9.59 Å². The minimum Gasteiger partial charge on any atom is -0.480 e. The van der Waals surface area contributed by atoms with Gasteiger partial charge < -0.3 is 14.7 Å². The summed E-state index contributed by atoms with van der Waals surface area (Å²) >= 11 is 0. The summed E-state index contributed by atoms with van der Waals surface area (Å²) in [5.74, 6) is -1.20. The van der Waals surface area contributed by atoms with Gasteiger partial charge in [-0.2, -0.15) is 0 Å². The normalized spacial score (nSPS) is 24.4. The number of amides is 1. The largest absolute Gasteiger partial charge is 0.480 e. The van der Waals surface area contributed by atoms with E-state index in [2.05, 4.69) is 0 Å². The van der Waals surface area contributed by atoms with Gasteiger partial charge in [-0.05, 0) is 19.3 Å². The Labute approximate surface area is 88.0 Å². The van der Waals surface area contributed by atoms with Crippen LogP contribution >= 0.6 is 0 Å². The quantitative estimate of drug-likeness (QED) is 0.661. The molecular weight excluding hydrogens is 198 g/mol. The smallest absolute Gasteiger partial charge is 0.319 e. The summed E-state index contributed by atoms with van der Waals surface area (Å²) in [6, 6.07) is 0. The van der Waals surface area contributed by atoms with Gasteiger partial charge >= 0.3 is 5.97 Å². The van der Waals surface area contributed by atoms with Gasteiger partial charge in [0.05, 0.1) is 6.61 Å². The third-order valence-electron chi connectivity index (χ3n) is 3.08. The second kappa shape index (κ2) is 3.81. The molecule has 0 radical (unpaired) electrons. The first-order chi connectivity index (χ1) is 7.17. The minimum absolute atomic E-state index is 0.222. The van der Waals surface area contributed by atoms with Gasteiger partial charge in [-0.25, -0.2) is 0 Å². The van der Waals surface area contributed by atoms with Gasteiger partial charge in [-0.15, -0.1) is 0 Å². The molecule has 0 atom stereocenters. The molecule has 1 aliphatic carbocycles. The van der Waals surface area contributed by atoms with Crippen molar-refractivity contribution in [3.8, 4) is 0 Å². The van der Waals surface area contributed by atoms with Crippen LogP contribution in [0.15, 0.2) is 0 Å². The number of rotatable bonds is 2. The van der Waals surface area contributed by atoms with E-state index in [1.165, 1.54) is 0 Å². The zero-order valence-corrected chi connectivity index (χ0v) is 8.57. The molecule has 0 aromatic carbocycles. The predicted octanol–water partition coefficient (Wildman–Crippen LogP) is 0.100. The molecule has 1 N–H and O–H groups in total. The van der Waals surface area contributed by atoms with Gasteiger partial charge in [-0.1, -0.05) is 0 Å². The van der Waals surface area contributed by atoms with Crippen LogP contribution in [0.5, 0.6) is 0 Å². The molecule has 0 bridgehead atoms. The van der Waals surface area contributed by atoms with Crippen LogP contribution < -0.4 is 0 Å². The average molecular weight is 213 g/mol. The fourth-order valence-electron chi connectivity index (χ4n) is 1.90. The number of carbonyl (C=O) groups is 2. The maximum absolute atomic E-state index is 12.0. The molecule has 2 fully saturated rings. The summed E-state index contributed by atoms with van der Waals surface area (Å²) in [7, 11) is 0. The lowest BCUT2D eigenvalue weighted by molar-refractivity contribution is -0.153. The molecule has 0 unspecified atom stereocenters. The molecule has 1 saturated carbocycles. The number of nitrogens with zero attached hydrogens (tertiary/aromatic N) is 1. The maximum Gasteiger partial charge on any atom is 0.319 e. The second-order valence-electron chi connectivity index (χ2n) is 4.15. The molecule has 5 nitrogen and oxygen atoms in total. The van der Waals surface area contributed by atoms with Gasteiger partial charge in [0.25, 0.3) is 0 Å². The third kappa shape index (κ3) is 1.84. The molecule has 1 heterocycles. The number of carbonyl (C=O) groups excluding carboxylic acids is 1. The number of carboxylic acid groups (broad SMARTS) is 1. The molecule has 2 rings (SSSR count). The number of hydrogen-bond donors (Lipinski definition) is 1. The van der Waals surface area contributed by atoms with Crippen LogP contribution in [0, 0.1) is 5.41 Å². The Hall–Kier alpha value is -1.10. The van der Waals surface area contributed by atoms with Crippen molar-refractivity contribution in [2.45, 2.75) is 19.3 Å². The van der Waals surface area contributed by atoms with Crippen LogP contribution in [0.25, 0.3) is 0 Å². The molecule has 0 aromatic rings. The molecule has 0 aromatic heterocycles. The standard InChI is InChI=1S/C10H15NO4/c12-8(10(2-3-10)9(13)14)11-4-1-6-15-7-5-11/h1-7H2,(H,13,14). The van der Waals surface area contributed by atoms with E-state index in [4.69, 9.17) is 9.84 Å². The van der Waals surface area contributed by atoms with Gasteiger partial charge in [0.2, 0.25) is 5.91 Å². The summed E-state index contributed by atoms with van der Waals surface area (Å²) in [5.41, 5.74) is -1.09. The molecule has 1 saturated heterocycles. The SMILES string of the molecule is O=C(O)C1(C(=O)N2CCCOCC2)CC1. The zero-order chi connectivity index (χ0) is 10.9. The van der Waals surface area contributed by atoms with Crippen molar-refractivity contribution >= 4 is 11.9 Å². The number of ether oxygens (including phenoxy) is 1. The molecular formula is C10H15NO4. The Bertz CT molecular complexity index is 277. The second-order valence-corrected chi connectivity index (χ2v) is 4.15. The van der Waals surface area contributed by atoms with Crippen molar-refractivity contribution < 1.29 is 19.4 Å². The number of carboxylic acids is 1. The van der Waals surface area contributed by atoms with E-state index >= 15 is 0 Å². The highest BCUT2D eigenvalue weighted by molar-refractivity contribution is 6.04. The van der Waals surface area contributed by atoms with Gasteiger partial charge in [0.1, 0.15) is 5.41 Å². The minimum atomic E-state index is -1.09. The van der Waals surface area contributed by atoms with E-state index in [-0.39, 0.29) is 5.91 Å². The first-order valence-corrected chi connectivity index (χ1v) is 5.27. The molecule has 1 aliphatic heterocycles. The summed E-state index contributed by atoms with van der Waals surface area (Å²) < 4.78 is 5.23. The number of hydrogen-bond acceptors (Lipinski definition) is 3. The zero-order valence-electron chi connectivity index (χ0n) is 8.57.